The molecule has 0 heterocycles. The highest BCUT2D eigenvalue weighted by Gasteiger charge is 2.27. The molecule has 0 spiro atoms. The number of Topliss-reactive ketones (excluding diaryl/α,β-unsaturated/α-hetero) is 1. The monoisotopic (exact) mass is 192 g/mol. The lowest BCUT2D eigenvalue weighted by Crippen LogP contribution is -2.22. The zero-order chi connectivity index (χ0) is 10.7. The molecule has 0 aliphatic heterocycles. The van der Waals surface area contributed by atoms with Crippen molar-refractivity contribution in [3.05, 3.63) is 35.1 Å². The first-order valence-corrected chi connectivity index (χ1v) is 4.33. The Morgan fingerprint density at radius 2 is 1.71 bits per heavy atom. The number of carbonyl (C=O) groups excluding carboxylic acids is 2. The molecule has 1 rings (SSSR count). The zero-order valence-corrected chi connectivity index (χ0v) is 8.46. The van der Waals surface area contributed by atoms with Gasteiger partial charge in [-0.2, -0.15) is 0 Å². The first-order chi connectivity index (χ1) is 6.65. The van der Waals surface area contributed by atoms with Crippen LogP contribution in [-0.4, -0.2) is 18.7 Å². The summed E-state index contributed by atoms with van der Waals surface area (Å²) in [6.07, 6.45) is 4.61. The van der Waals surface area contributed by atoms with Gasteiger partial charge in [-0.3, -0.25) is 9.59 Å². The highest BCUT2D eigenvalue weighted by Crippen LogP contribution is 2.25. The van der Waals surface area contributed by atoms with Gasteiger partial charge < -0.3 is 4.74 Å². The predicted octanol–water partition coefficient (Wildman–Crippen LogP) is 1.56. The van der Waals surface area contributed by atoms with E-state index in [2.05, 4.69) is 0 Å². The Labute approximate surface area is 82.8 Å². The number of carbonyl (C=O) groups is 2. The molecule has 0 aromatic rings. The molecule has 3 nitrogen and oxygen atoms in total. The third kappa shape index (κ3) is 1.53. The molecule has 1 aliphatic rings. The van der Waals surface area contributed by atoms with Crippen LogP contribution in [0.3, 0.4) is 0 Å². The van der Waals surface area contributed by atoms with E-state index >= 15 is 0 Å². The molecule has 0 aromatic heterocycles. The second-order valence-corrected chi connectivity index (χ2v) is 2.81. The Morgan fingerprint density at radius 3 is 2.14 bits per heavy atom. The van der Waals surface area contributed by atoms with Crippen molar-refractivity contribution >= 4 is 11.6 Å². The molecule has 0 bridgehead atoms. The third-order valence-electron chi connectivity index (χ3n) is 2.08. The molecular formula is C11H12O3. The molecular weight excluding hydrogens is 180 g/mol. The number of ketones is 2. The largest absolute Gasteiger partial charge is 0.496 e. The molecule has 0 aromatic carbocycles. The van der Waals surface area contributed by atoms with Crippen LogP contribution in [0.1, 0.15) is 13.8 Å². The summed E-state index contributed by atoms with van der Waals surface area (Å²) in [5.41, 5.74) is 1.09. The number of methoxy groups -OCH3 is 1. The Bertz CT molecular complexity index is 370. The average molecular weight is 192 g/mol. The van der Waals surface area contributed by atoms with Crippen LogP contribution in [0, 0.1) is 0 Å². The number of hydrogen-bond donors (Lipinski definition) is 0. The standard InChI is InChI=1S/C11H12O3/c1-4-7-8(5-2)11(13)9(12)6-10(7)14-3/h4-6H,1-3H3/b7-4+,8-5+. The van der Waals surface area contributed by atoms with Gasteiger partial charge in [0.1, 0.15) is 5.76 Å². The fourth-order valence-corrected chi connectivity index (χ4v) is 1.40. The van der Waals surface area contributed by atoms with E-state index in [0.29, 0.717) is 16.9 Å². The molecule has 0 saturated heterocycles. The van der Waals surface area contributed by atoms with Crippen molar-refractivity contribution in [1.82, 2.24) is 0 Å². The van der Waals surface area contributed by atoms with Crippen molar-refractivity contribution < 1.29 is 14.3 Å². The van der Waals surface area contributed by atoms with Gasteiger partial charge in [0.15, 0.2) is 0 Å². The van der Waals surface area contributed by atoms with Gasteiger partial charge in [-0.05, 0) is 13.8 Å². The molecule has 14 heavy (non-hydrogen) atoms. The Morgan fingerprint density at radius 1 is 1.14 bits per heavy atom. The maximum absolute atomic E-state index is 11.4. The van der Waals surface area contributed by atoms with Crippen molar-refractivity contribution in [2.45, 2.75) is 13.8 Å². The van der Waals surface area contributed by atoms with Crippen LogP contribution in [-0.2, 0) is 14.3 Å². The van der Waals surface area contributed by atoms with Crippen LogP contribution in [0.25, 0.3) is 0 Å². The van der Waals surface area contributed by atoms with Crippen molar-refractivity contribution in [2.24, 2.45) is 0 Å². The maximum atomic E-state index is 11.4. The van der Waals surface area contributed by atoms with Crippen LogP contribution in [0.5, 0.6) is 0 Å². The predicted molar refractivity (Wildman–Crippen MR) is 52.6 cm³/mol. The summed E-state index contributed by atoms with van der Waals surface area (Å²) in [6.45, 7) is 3.53. The smallest absolute Gasteiger partial charge is 0.233 e. The third-order valence-corrected chi connectivity index (χ3v) is 2.08. The summed E-state index contributed by atoms with van der Waals surface area (Å²) >= 11 is 0. The van der Waals surface area contributed by atoms with E-state index in [1.807, 2.05) is 0 Å². The lowest BCUT2D eigenvalue weighted by molar-refractivity contribution is -0.131. The highest BCUT2D eigenvalue weighted by molar-refractivity contribution is 6.49. The van der Waals surface area contributed by atoms with Gasteiger partial charge in [0.2, 0.25) is 11.6 Å². The van der Waals surface area contributed by atoms with Gasteiger partial charge in [0.25, 0.3) is 0 Å². The van der Waals surface area contributed by atoms with Gasteiger partial charge in [0, 0.05) is 17.2 Å². The van der Waals surface area contributed by atoms with Crippen LogP contribution in [0.4, 0.5) is 0 Å². The normalized spacial score (nSPS) is 22.9. The molecule has 1 aliphatic carbocycles. The van der Waals surface area contributed by atoms with Crippen LogP contribution < -0.4 is 0 Å². The minimum Gasteiger partial charge on any atom is -0.496 e. The molecule has 0 amide bonds. The van der Waals surface area contributed by atoms with E-state index in [0.717, 1.165) is 0 Å². The van der Waals surface area contributed by atoms with Gasteiger partial charge >= 0.3 is 0 Å². The van der Waals surface area contributed by atoms with Crippen molar-refractivity contribution in [1.29, 1.82) is 0 Å². The Kier molecular flexibility index (Phi) is 3.02. The fourth-order valence-electron chi connectivity index (χ4n) is 1.40. The molecule has 74 valence electrons. The molecule has 0 atom stereocenters. The second-order valence-electron chi connectivity index (χ2n) is 2.81. The first kappa shape index (κ1) is 10.4. The summed E-state index contributed by atoms with van der Waals surface area (Å²) in [5.74, 6) is -0.549. The first-order valence-electron chi connectivity index (χ1n) is 4.33. The van der Waals surface area contributed by atoms with Crippen LogP contribution >= 0.6 is 0 Å². The molecule has 3 heteroatoms. The summed E-state index contributed by atoms with van der Waals surface area (Å²) in [7, 11) is 1.48. The molecule has 0 unspecified atom stereocenters. The fraction of sp³-hybridized carbons (Fsp3) is 0.273. The lowest BCUT2D eigenvalue weighted by Gasteiger charge is -2.16. The lowest BCUT2D eigenvalue weighted by atomic mass is 9.91. The maximum Gasteiger partial charge on any atom is 0.233 e. The van der Waals surface area contributed by atoms with E-state index in [9.17, 15) is 9.59 Å². The minimum atomic E-state index is -0.527. The van der Waals surface area contributed by atoms with E-state index in [1.165, 1.54) is 13.2 Å². The Hall–Kier alpha value is -1.64. The highest BCUT2D eigenvalue weighted by atomic mass is 16.5. The van der Waals surface area contributed by atoms with Crippen molar-refractivity contribution in [3.63, 3.8) is 0 Å². The zero-order valence-electron chi connectivity index (χ0n) is 8.46. The Balaban J connectivity index is 3.33. The molecule has 0 saturated carbocycles. The van der Waals surface area contributed by atoms with Gasteiger partial charge in [-0.1, -0.05) is 12.2 Å². The molecule has 0 N–H and O–H groups in total. The number of rotatable bonds is 1. The molecule has 0 radical (unpaired) electrons. The van der Waals surface area contributed by atoms with E-state index in [1.54, 1.807) is 26.0 Å². The summed E-state index contributed by atoms with van der Waals surface area (Å²) < 4.78 is 5.02. The van der Waals surface area contributed by atoms with Crippen molar-refractivity contribution in [3.8, 4) is 0 Å². The molecule has 0 fully saturated rings. The topological polar surface area (TPSA) is 43.4 Å². The number of ether oxygens (including phenoxy) is 1. The van der Waals surface area contributed by atoms with E-state index in [-0.39, 0.29) is 0 Å². The SMILES string of the molecule is C/C=C1/C(=O)C(=O)C=C(OC)/C1=C/C. The van der Waals surface area contributed by atoms with Crippen molar-refractivity contribution in [2.75, 3.05) is 7.11 Å². The average Bonchev–Trinajstić information content (AvgIpc) is 2.20. The quantitative estimate of drug-likeness (QED) is 0.467. The van der Waals surface area contributed by atoms with E-state index < -0.39 is 11.6 Å². The summed E-state index contributed by atoms with van der Waals surface area (Å²) in [5, 5.41) is 0. The summed E-state index contributed by atoms with van der Waals surface area (Å²) in [6, 6.07) is 0. The summed E-state index contributed by atoms with van der Waals surface area (Å²) in [4.78, 5) is 22.6. The van der Waals surface area contributed by atoms with Crippen LogP contribution in [0.2, 0.25) is 0 Å². The number of allylic oxidation sites excluding steroid dienone is 4. The minimum absolute atomic E-state index is 0.414. The number of hydrogen-bond acceptors (Lipinski definition) is 3. The van der Waals surface area contributed by atoms with Gasteiger partial charge in [0.05, 0.1) is 7.11 Å². The van der Waals surface area contributed by atoms with Crippen LogP contribution in [0.15, 0.2) is 35.1 Å². The van der Waals surface area contributed by atoms with Gasteiger partial charge in [-0.15, -0.1) is 0 Å². The second kappa shape index (κ2) is 4.05. The van der Waals surface area contributed by atoms with Gasteiger partial charge in [-0.25, -0.2) is 0 Å². The van der Waals surface area contributed by atoms with E-state index in [4.69, 9.17) is 4.74 Å².